The zero-order valence-electron chi connectivity index (χ0n) is 11.4. The standard InChI is InChI=1S/C16H15ClN2O2/c17-12-4-3-6-14(8-12)21-15-10-19(11-15)16(20)9-13-5-1-2-7-18-13/h1-8,15H,9-11H2. The summed E-state index contributed by atoms with van der Waals surface area (Å²) in [4.78, 5) is 18.0. The molecule has 0 aliphatic carbocycles. The van der Waals surface area contributed by atoms with Crippen LogP contribution in [0.4, 0.5) is 0 Å². The van der Waals surface area contributed by atoms with Gasteiger partial charge >= 0.3 is 0 Å². The lowest BCUT2D eigenvalue weighted by Crippen LogP contribution is -2.56. The average Bonchev–Trinajstić information content (AvgIpc) is 2.43. The number of rotatable bonds is 4. The van der Waals surface area contributed by atoms with Crippen LogP contribution in [0.25, 0.3) is 0 Å². The van der Waals surface area contributed by atoms with Gasteiger partial charge in [-0.2, -0.15) is 0 Å². The Morgan fingerprint density at radius 1 is 1.29 bits per heavy atom. The van der Waals surface area contributed by atoms with Crippen LogP contribution in [0.5, 0.6) is 5.75 Å². The van der Waals surface area contributed by atoms with Crippen LogP contribution in [0.2, 0.25) is 5.02 Å². The molecule has 4 nitrogen and oxygen atoms in total. The molecule has 2 heterocycles. The third-order valence-corrected chi connectivity index (χ3v) is 3.59. The molecule has 0 atom stereocenters. The highest BCUT2D eigenvalue weighted by molar-refractivity contribution is 6.30. The molecule has 2 aromatic rings. The number of aromatic nitrogens is 1. The fraction of sp³-hybridized carbons (Fsp3) is 0.250. The third kappa shape index (κ3) is 3.52. The lowest BCUT2D eigenvalue weighted by atomic mass is 10.1. The van der Waals surface area contributed by atoms with Crippen LogP contribution in [0.3, 0.4) is 0 Å². The lowest BCUT2D eigenvalue weighted by Gasteiger charge is -2.39. The van der Waals surface area contributed by atoms with Gasteiger partial charge in [-0.25, -0.2) is 0 Å². The van der Waals surface area contributed by atoms with E-state index < -0.39 is 0 Å². The summed E-state index contributed by atoms with van der Waals surface area (Å²) in [7, 11) is 0. The second-order valence-corrected chi connectivity index (χ2v) is 5.43. The monoisotopic (exact) mass is 302 g/mol. The van der Waals surface area contributed by atoms with E-state index in [0.717, 1.165) is 11.4 Å². The van der Waals surface area contributed by atoms with Crippen LogP contribution in [0.1, 0.15) is 5.69 Å². The molecule has 108 valence electrons. The minimum atomic E-state index is 0.0381. The first-order valence-corrected chi connectivity index (χ1v) is 7.18. The minimum absolute atomic E-state index is 0.0381. The number of amides is 1. The molecule has 0 unspecified atom stereocenters. The van der Waals surface area contributed by atoms with Crippen LogP contribution in [0.15, 0.2) is 48.7 Å². The predicted octanol–water partition coefficient (Wildman–Crippen LogP) is 2.57. The number of benzene rings is 1. The molecule has 0 saturated carbocycles. The molecular formula is C16H15ClN2O2. The number of likely N-dealkylation sites (tertiary alicyclic amines) is 1. The minimum Gasteiger partial charge on any atom is -0.487 e. The van der Waals surface area contributed by atoms with Crippen LogP contribution in [0, 0.1) is 0 Å². The number of halogens is 1. The summed E-state index contributed by atoms with van der Waals surface area (Å²) in [6.45, 7) is 1.22. The first kappa shape index (κ1) is 13.9. The van der Waals surface area contributed by atoms with Gasteiger partial charge in [-0.1, -0.05) is 23.7 Å². The van der Waals surface area contributed by atoms with E-state index >= 15 is 0 Å². The van der Waals surface area contributed by atoms with Crippen molar-refractivity contribution in [3.8, 4) is 5.75 Å². The normalized spacial score (nSPS) is 14.6. The summed E-state index contributed by atoms with van der Waals surface area (Å²) in [6.07, 6.45) is 2.07. The Morgan fingerprint density at radius 3 is 2.86 bits per heavy atom. The molecule has 1 fully saturated rings. The number of carbonyl (C=O) groups excluding carboxylic acids is 1. The molecular weight excluding hydrogens is 288 g/mol. The van der Waals surface area contributed by atoms with Gasteiger partial charge in [0.25, 0.3) is 0 Å². The summed E-state index contributed by atoms with van der Waals surface area (Å²) < 4.78 is 5.77. The number of pyridine rings is 1. The summed E-state index contributed by atoms with van der Waals surface area (Å²) >= 11 is 5.91. The topological polar surface area (TPSA) is 42.4 Å². The zero-order valence-corrected chi connectivity index (χ0v) is 12.2. The maximum Gasteiger partial charge on any atom is 0.228 e. The number of hydrogen-bond acceptors (Lipinski definition) is 3. The van der Waals surface area contributed by atoms with E-state index in [-0.39, 0.29) is 12.0 Å². The van der Waals surface area contributed by atoms with E-state index in [1.165, 1.54) is 0 Å². The molecule has 1 saturated heterocycles. The van der Waals surface area contributed by atoms with Crippen molar-refractivity contribution < 1.29 is 9.53 Å². The van der Waals surface area contributed by atoms with E-state index in [1.807, 2.05) is 30.3 Å². The molecule has 1 aliphatic heterocycles. The second-order valence-electron chi connectivity index (χ2n) is 4.99. The predicted molar refractivity (Wildman–Crippen MR) is 80.4 cm³/mol. The Hall–Kier alpha value is -2.07. The van der Waals surface area contributed by atoms with Crippen LogP contribution in [-0.2, 0) is 11.2 Å². The fourth-order valence-corrected chi connectivity index (χ4v) is 2.40. The van der Waals surface area contributed by atoms with Crippen molar-refractivity contribution in [2.24, 2.45) is 0 Å². The van der Waals surface area contributed by atoms with Crippen molar-refractivity contribution in [1.29, 1.82) is 0 Å². The van der Waals surface area contributed by atoms with Gasteiger partial charge in [0.1, 0.15) is 11.9 Å². The molecule has 0 bridgehead atoms. The van der Waals surface area contributed by atoms with Crippen molar-refractivity contribution in [2.75, 3.05) is 13.1 Å². The van der Waals surface area contributed by atoms with Crippen molar-refractivity contribution in [3.05, 3.63) is 59.4 Å². The van der Waals surface area contributed by atoms with E-state index in [4.69, 9.17) is 16.3 Å². The Kier molecular flexibility index (Phi) is 4.06. The number of carbonyl (C=O) groups is 1. The van der Waals surface area contributed by atoms with E-state index in [9.17, 15) is 4.79 Å². The van der Waals surface area contributed by atoms with Crippen molar-refractivity contribution in [1.82, 2.24) is 9.88 Å². The Morgan fingerprint density at radius 2 is 2.14 bits per heavy atom. The molecule has 0 spiro atoms. The van der Waals surface area contributed by atoms with Gasteiger partial charge < -0.3 is 9.64 Å². The van der Waals surface area contributed by atoms with E-state index in [1.54, 1.807) is 23.2 Å². The number of ether oxygens (including phenoxy) is 1. The molecule has 1 aromatic heterocycles. The van der Waals surface area contributed by atoms with E-state index in [2.05, 4.69) is 4.98 Å². The molecule has 1 amide bonds. The third-order valence-electron chi connectivity index (χ3n) is 3.36. The molecule has 0 N–H and O–H groups in total. The Balaban J connectivity index is 1.48. The molecule has 5 heteroatoms. The summed E-state index contributed by atoms with van der Waals surface area (Å²) in [5.74, 6) is 0.823. The number of nitrogens with zero attached hydrogens (tertiary/aromatic N) is 2. The first-order valence-electron chi connectivity index (χ1n) is 6.80. The first-order chi connectivity index (χ1) is 10.2. The SMILES string of the molecule is O=C(Cc1ccccn1)N1CC(Oc2cccc(Cl)c2)C1. The maximum absolute atomic E-state index is 12.1. The van der Waals surface area contributed by atoms with E-state index in [0.29, 0.717) is 24.5 Å². The van der Waals surface area contributed by atoms with Crippen molar-refractivity contribution >= 4 is 17.5 Å². The molecule has 0 radical (unpaired) electrons. The average molecular weight is 303 g/mol. The summed E-state index contributed by atoms with van der Waals surface area (Å²) in [5, 5.41) is 0.648. The molecule has 1 aliphatic rings. The number of hydrogen-bond donors (Lipinski definition) is 0. The van der Waals surface area contributed by atoms with Gasteiger partial charge in [0, 0.05) is 16.9 Å². The second kappa shape index (κ2) is 6.14. The fourth-order valence-electron chi connectivity index (χ4n) is 2.22. The molecule has 3 rings (SSSR count). The van der Waals surface area contributed by atoms with Gasteiger partial charge in [-0.3, -0.25) is 9.78 Å². The highest BCUT2D eigenvalue weighted by Gasteiger charge is 2.32. The van der Waals surface area contributed by atoms with Gasteiger partial charge in [0.2, 0.25) is 5.91 Å². The van der Waals surface area contributed by atoms with Gasteiger partial charge in [0.15, 0.2) is 0 Å². The van der Waals surface area contributed by atoms with Crippen LogP contribution in [-0.4, -0.2) is 35.0 Å². The highest BCUT2D eigenvalue weighted by Crippen LogP contribution is 2.21. The van der Waals surface area contributed by atoms with Crippen LogP contribution < -0.4 is 4.74 Å². The molecule has 1 aromatic carbocycles. The maximum atomic E-state index is 12.1. The van der Waals surface area contributed by atoms with Crippen molar-refractivity contribution in [3.63, 3.8) is 0 Å². The largest absolute Gasteiger partial charge is 0.487 e. The smallest absolute Gasteiger partial charge is 0.228 e. The van der Waals surface area contributed by atoms with Gasteiger partial charge in [-0.15, -0.1) is 0 Å². The zero-order chi connectivity index (χ0) is 14.7. The highest BCUT2D eigenvalue weighted by atomic mass is 35.5. The lowest BCUT2D eigenvalue weighted by molar-refractivity contribution is -0.139. The van der Waals surface area contributed by atoms with Gasteiger partial charge in [-0.05, 0) is 30.3 Å². The summed E-state index contributed by atoms with van der Waals surface area (Å²) in [5.41, 5.74) is 0.793. The van der Waals surface area contributed by atoms with Gasteiger partial charge in [0.05, 0.1) is 19.5 Å². The van der Waals surface area contributed by atoms with Crippen molar-refractivity contribution in [2.45, 2.75) is 12.5 Å². The Labute approximate surface area is 128 Å². The quantitative estimate of drug-likeness (QED) is 0.872. The summed E-state index contributed by atoms with van der Waals surface area (Å²) in [6, 6.07) is 12.9. The van der Waals surface area contributed by atoms with Crippen LogP contribution >= 0.6 is 11.6 Å². The molecule has 21 heavy (non-hydrogen) atoms. The Bertz CT molecular complexity index is 627.